The van der Waals surface area contributed by atoms with Crippen molar-refractivity contribution >= 4 is 35.0 Å². The molecular weight excluding hydrogens is 462 g/mol. The number of aromatic amines is 1. The molecule has 1 aromatic heterocycles. The van der Waals surface area contributed by atoms with E-state index < -0.39 is 5.97 Å². The maximum absolute atomic E-state index is 13.0. The Morgan fingerprint density at radius 3 is 2.40 bits per heavy atom. The Balaban J connectivity index is 1.42. The van der Waals surface area contributed by atoms with Crippen molar-refractivity contribution in [3.63, 3.8) is 0 Å². The zero-order valence-electron chi connectivity index (χ0n) is 19.2. The molecule has 3 aromatic carbocycles. The van der Waals surface area contributed by atoms with Crippen molar-refractivity contribution in [2.24, 2.45) is 0 Å². The van der Waals surface area contributed by atoms with E-state index in [-0.39, 0.29) is 22.8 Å². The first-order valence-corrected chi connectivity index (χ1v) is 11.6. The molecule has 8 heteroatoms. The summed E-state index contributed by atoms with van der Waals surface area (Å²) < 4.78 is 6.42. The standard InChI is InChI=1S/C27H25N3O4S/c1-34-26(33)21-13-14-22-23(16-21)29-27(35)30(25(22)32)17-19-9-11-20(12-10-19)24(31)28-15-5-8-18-6-3-2-4-7-18/h2-4,6-7,9-14,16H,5,8,15,17H2,1H3,(H,28,31)(H,29,35). The van der Waals surface area contributed by atoms with Crippen molar-refractivity contribution in [2.45, 2.75) is 19.4 Å². The summed E-state index contributed by atoms with van der Waals surface area (Å²) in [5.74, 6) is -0.623. The lowest BCUT2D eigenvalue weighted by Gasteiger charge is -2.10. The number of carbonyl (C=O) groups is 2. The number of aromatic nitrogens is 2. The van der Waals surface area contributed by atoms with Crippen LogP contribution in [0, 0.1) is 4.77 Å². The van der Waals surface area contributed by atoms with Crippen molar-refractivity contribution in [1.29, 1.82) is 0 Å². The molecule has 4 rings (SSSR count). The summed E-state index contributed by atoms with van der Waals surface area (Å²) in [6.45, 7) is 0.844. The highest BCUT2D eigenvalue weighted by Crippen LogP contribution is 2.13. The third-order valence-corrected chi connectivity index (χ3v) is 6.05. The number of carbonyl (C=O) groups excluding carboxylic acids is 2. The van der Waals surface area contributed by atoms with Gasteiger partial charge in [0.25, 0.3) is 11.5 Å². The summed E-state index contributed by atoms with van der Waals surface area (Å²) in [6, 6.07) is 21.9. The van der Waals surface area contributed by atoms with E-state index in [9.17, 15) is 14.4 Å². The number of benzene rings is 3. The summed E-state index contributed by atoms with van der Waals surface area (Å²) in [5, 5.41) is 3.36. The van der Waals surface area contributed by atoms with Gasteiger partial charge in [0, 0.05) is 12.1 Å². The SMILES string of the molecule is COC(=O)c1ccc2c(=O)n(Cc3ccc(C(=O)NCCCc4ccccc4)cc3)c(=S)[nH]c2c1. The molecule has 178 valence electrons. The van der Waals surface area contributed by atoms with Crippen LogP contribution in [0.3, 0.4) is 0 Å². The number of esters is 1. The minimum Gasteiger partial charge on any atom is -0.465 e. The minimum absolute atomic E-state index is 0.133. The molecule has 0 saturated heterocycles. The number of fused-ring (bicyclic) bond motifs is 1. The van der Waals surface area contributed by atoms with Crippen LogP contribution in [0.2, 0.25) is 0 Å². The lowest BCUT2D eigenvalue weighted by atomic mass is 10.1. The van der Waals surface area contributed by atoms with Gasteiger partial charge in [0.05, 0.1) is 30.1 Å². The molecule has 0 aliphatic heterocycles. The van der Waals surface area contributed by atoms with Crippen molar-refractivity contribution in [3.05, 3.63) is 110 Å². The van der Waals surface area contributed by atoms with E-state index in [0.29, 0.717) is 28.6 Å². The molecule has 0 unspecified atom stereocenters. The van der Waals surface area contributed by atoms with Crippen molar-refractivity contribution in [2.75, 3.05) is 13.7 Å². The topological polar surface area (TPSA) is 93.2 Å². The molecular formula is C27H25N3O4S. The average molecular weight is 488 g/mol. The number of nitrogens with zero attached hydrogens (tertiary/aromatic N) is 1. The monoisotopic (exact) mass is 487 g/mol. The summed E-state index contributed by atoms with van der Waals surface area (Å²) in [4.78, 5) is 40.3. The van der Waals surface area contributed by atoms with Crippen LogP contribution in [0.25, 0.3) is 10.9 Å². The van der Waals surface area contributed by atoms with Crippen LogP contribution in [0.4, 0.5) is 0 Å². The van der Waals surface area contributed by atoms with Gasteiger partial charge in [0.2, 0.25) is 0 Å². The predicted molar refractivity (Wildman–Crippen MR) is 137 cm³/mol. The lowest BCUT2D eigenvalue weighted by Crippen LogP contribution is -2.25. The number of H-pyrrole nitrogens is 1. The number of hydrogen-bond donors (Lipinski definition) is 2. The summed E-state index contributed by atoms with van der Waals surface area (Å²) >= 11 is 5.39. The van der Waals surface area contributed by atoms with Crippen LogP contribution in [-0.4, -0.2) is 35.1 Å². The number of nitrogens with one attached hydrogen (secondary N) is 2. The van der Waals surface area contributed by atoms with Gasteiger partial charge in [-0.3, -0.25) is 14.2 Å². The van der Waals surface area contributed by atoms with Gasteiger partial charge >= 0.3 is 5.97 Å². The average Bonchev–Trinajstić information content (AvgIpc) is 2.89. The van der Waals surface area contributed by atoms with Gasteiger partial charge in [0.15, 0.2) is 4.77 Å². The van der Waals surface area contributed by atoms with Crippen molar-refractivity contribution in [3.8, 4) is 0 Å². The van der Waals surface area contributed by atoms with E-state index in [1.807, 2.05) is 30.3 Å². The first-order valence-electron chi connectivity index (χ1n) is 11.2. The van der Waals surface area contributed by atoms with E-state index in [0.717, 1.165) is 18.4 Å². The molecule has 1 amide bonds. The van der Waals surface area contributed by atoms with Crippen LogP contribution in [0.5, 0.6) is 0 Å². The third kappa shape index (κ3) is 5.73. The molecule has 2 N–H and O–H groups in total. The molecule has 0 spiro atoms. The molecule has 0 aliphatic carbocycles. The molecule has 35 heavy (non-hydrogen) atoms. The number of ether oxygens (including phenoxy) is 1. The quantitative estimate of drug-likeness (QED) is 0.220. The Labute approximate surface area is 207 Å². The van der Waals surface area contributed by atoms with E-state index in [1.165, 1.54) is 17.2 Å². The number of amides is 1. The minimum atomic E-state index is -0.490. The predicted octanol–water partition coefficient (Wildman–Crippen LogP) is 4.26. The van der Waals surface area contributed by atoms with Crippen LogP contribution < -0.4 is 10.9 Å². The highest BCUT2D eigenvalue weighted by molar-refractivity contribution is 7.71. The second-order valence-electron chi connectivity index (χ2n) is 8.12. The van der Waals surface area contributed by atoms with Gasteiger partial charge in [-0.1, -0.05) is 42.5 Å². The lowest BCUT2D eigenvalue weighted by molar-refractivity contribution is 0.0600. The molecule has 1 heterocycles. The van der Waals surface area contributed by atoms with Crippen molar-refractivity contribution < 1.29 is 14.3 Å². The van der Waals surface area contributed by atoms with Crippen LogP contribution in [0.15, 0.2) is 77.6 Å². The molecule has 0 fully saturated rings. The van der Waals surface area contributed by atoms with Gasteiger partial charge in [0.1, 0.15) is 0 Å². The molecule has 0 bridgehead atoms. The highest BCUT2D eigenvalue weighted by Gasteiger charge is 2.11. The summed E-state index contributed by atoms with van der Waals surface area (Å²) in [5.41, 5.74) is 3.17. The molecule has 0 atom stereocenters. The van der Waals surface area contributed by atoms with E-state index in [4.69, 9.17) is 17.0 Å². The largest absolute Gasteiger partial charge is 0.465 e. The van der Waals surface area contributed by atoms with E-state index >= 15 is 0 Å². The number of methoxy groups -OCH3 is 1. The second-order valence-corrected chi connectivity index (χ2v) is 8.50. The zero-order valence-corrected chi connectivity index (χ0v) is 20.1. The normalized spacial score (nSPS) is 10.8. The van der Waals surface area contributed by atoms with Gasteiger partial charge in [-0.2, -0.15) is 0 Å². The zero-order chi connectivity index (χ0) is 24.8. The van der Waals surface area contributed by atoms with E-state index in [2.05, 4.69) is 22.4 Å². The van der Waals surface area contributed by atoms with Crippen LogP contribution >= 0.6 is 12.2 Å². The Kier molecular flexibility index (Phi) is 7.52. The molecule has 0 aliphatic rings. The summed E-state index contributed by atoms with van der Waals surface area (Å²) in [7, 11) is 1.30. The fraction of sp³-hybridized carbons (Fsp3) is 0.185. The Morgan fingerprint density at radius 1 is 0.971 bits per heavy atom. The second kappa shape index (κ2) is 10.9. The molecule has 0 radical (unpaired) electrons. The fourth-order valence-electron chi connectivity index (χ4n) is 3.83. The summed E-state index contributed by atoms with van der Waals surface area (Å²) in [6.07, 6.45) is 1.77. The Bertz CT molecular complexity index is 1470. The van der Waals surface area contributed by atoms with Crippen molar-refractivity contribution in [1.82, 2.24) is 14.9 Å². The molecule has 0 saturated carbocycles. The van der Waals surface area contributed by atoms with Crippen LogP contribution in [-0.2, 0) is 17.7 Å². The number of aryl methyl sites for hydroxylation is 1. The maximum Gasteiger partial charge on any atom is 0.337 e. The van der Waals surface area contributed by atoms with Gasteiger partial charge in [-0.15, -0.1) is 0 Å². The van der Waals surface area contributed by atoms with Gasteiger partial charge in [-0.25, -0.2) is 4.79 Å². The van der Waals surface area contributed by atoms with Gasteiger partial charge in [-0.05, 0) is 66.5 Å². The Hall–Kier alpha value is -4.04. The van der Waals surface area contributed by atoms with Crippen LogP contribution in [0.1, 0.15) is 38.3 Å². The van der Waals surface area contributed by atoms with E-state index in [1.54, 1.807) is 30.3 Å². The number of rotatable bonds is 8. The molecule has 4 aromatic rings. The highest BCUT2D eigenvalue weighted by atomic mass is 32.1. The number of hydrogen-bond acceptors (Lipinski definition) is 5. The fourth-order valence-corrected chi connectivity index (χ4v) is 4.09. The Morgan fingerprint density at radius 2 is 1.69 bits per heavy atom. The van der Waals surface area contributed by atoms with Gasteiger partial charge < -0.3 is 15.0 Å². The maximum atomic E-state index is 13.0. The third-order valence-electron chi connectivity index (χ3n) is 5.73. The molecule has 7 nitrogen and oxygen atoms in total. The smallest absolute Gasteiger partial charge is 0.337 e. The first-order chi connectivity index (χ1) is 17.0. The first kappa shape index (κ1) is 24.1.